The zero-order valence-electron chi connectivity index (χ0n) is 40.2. The molecule has 66 heavy (non-hydrogen) atoms. The van der Waals surface area contributed by atoms with E-state index in [9.17, 15) is 0 Å². The lowest BCUT2D eigenvalue weighted by atomic mass is 9.85. The summed E-state index contributed by atoms with van der Waals surface area (Å²) in [6.45, 7) is 18.2. The average Bonchev–Trinajstić information content (AvgIpc) is 3.33. The minimum absolute atomic E-state index is 0.448. The van der Waals surface area contributed by atoms with Crippen molar-refractivity contribution in [1.82, 2.24) is 0 Å². The van der Waals surface area contributed by atoms with Crippen LogP contribution in [0.5, 0.6) is 0 Å². The highest BCUT2D eigenvalue weighted by molar-refractivity contribution is 6.22. The van der Waals surface area contributed by atoms with Crippen molar-refractivity contribution in [2.45, 2.75) is 92.9 Å². The molecule has 0 saturated heterocycles. The van der Waals surface area contributed by atoms with Gasteiger partial charge in [-0.25, -0.2) is 0 Å². The number of fused-ring (bicyclic) bond motifs is 2. The zero-order valence-corrected chi connectivity index (χ0v) is 40.2. The van der Waals surface area contributed by atoms with Gasteiger partial charge < -0.3 is 9.80 Å². The van der Waals surface area contributed by atoms with Gasteiger partial charge in [0.1, 0.15) is 0 Å². The van der Waals surface area contributed by atoms with Gasteiger partial charge in [0.05, 0.1) is 0 Å². The van der Waals surface area contributed by atoms with Crippen LogP contribution < -0.4 is 9.80 Å². The molecule has 0 aliphatic rings. The maximum absolute atomic E-state index is 2.50. The summed E-state index contributed by atoms with van der Waals surface area (Å²) >= 11 is 0. The summed E-state index contributed by atoms with van der Waals surface area (Å²) in [5.41, 5.74) is 19.8. The molecule has 330 valence electrons. The molecule has 0 aliphatic carbocycles. The predicted octanol–water partition coefficient (Wildman–Crippen LogP) is 19.2. The summed E-state index contributed by atoms with van der Waals surface area (Å²) in [6, 6.07) is 68.9. The van der Waals surface area contributed by atoms with Gasteiger partial charge in [0.15, 0.2) is 0 Å². The van der Waals surface area contributed by atoms with Gasteiger partial charge in [-0.2, -0.15) is 0 Å². The third-order valence-corrected chi connectivity index (χ3v) is 13.7. The SMILES string of the molecule is CCCc1cc(C)cc(N(c2cccc(C)c2)c2ccc3c(-c4ccccc4)c4cc(N(c5cccc(C)c5)c5cc(C(C)CC)cc(C(C)CC)c5)ccc4c(-c4ccccc4)c3c2)c1. The number of nitrogens with zero attached hydrogens (tertiary/aromatic N) is 2. The Balaban J connectivity index is 1.36. The highest BCUT2D eigenvalue weighted by atomic mass is 15.1. The van der Waals surface area contributed by atoms with E-state index >= 15 is 0 Å². The van der Waals surface area contributed by atoms with Crippen LogP contribution in [0.4, 0.5) is 34.1 Å². The van der Waals surface area contributed by atoms with E-state index in [2.05, 4.69) is 247 Å². The van der Waals surface area contributed by atoms with Crippen LogP contribution >= 0.6 is 0 Å². The normalized spacial score (nSPS) is 12.4. The molecular weight excluding hydrogens is 797 g/mol. The van der Waals surface area contributed by atoms with Gasteiger partial charge in [-0.1, -0.05) is 150 Å². The molecule has 0 bridgehead atoms. The molecule has 0 amide bonds. The lowest BCUT2D eigenvalue weighted by molar-refractivity contribution is 0.711. The standard InChI is InChI=1S/C64H64N2/c1-9-20-48-33-45(6)36-57(37-48)65(53-27-18-21-43(4)34-53)55-29-31-59-61(41-55)63(49-23-14-12-15-24-49)60-32-30-56(42-62(60)64(59)50-25-16-13-17-26-50)66(54-28-19-22-44(5)35-54)58-39-51(46(7)10-2)38-52(40-58)47(8)11-3/h12-19,21-42,46-47H,9-11,20H2,1-8H3. The van der Waals surface area contributed by atoms with E-state index in [1.165, 1.54) is 88.6 Å². The number of rotatable bonds is 14. The zero-order chi connectivity index (χ0) is 45.9. The van der Waals surface area contributed by atoms with E-state index in [-0.39, 0.29) is 0 Å². The van der Waals surface area contributed by atoms with E-state index in [0.29, 0.717) is 11.8 Å². The van der Waals surface area contributed by atoms with E-state index in [1.807, 2.05) is 0 Å². The van der Waals surface area contributed by atoms with Crippen LogP contribution in [-0.4, -0.2) is 0 Å². The summed E-state index contributed by atoms with van der Waals surface area (Å²) in [4.78, 5) is 4.96. The molecule has 0 aromatic heterocycles. The number of aryl methyl sites for hydroxylation is 4. The van der Waals surface area contributed by atoms with E-state index in [0.717, 1.165) is 48.4 Å². The number of hydrogen-bond acceptors (Lipinski definition) is 2. The second-order valence-electron chi connectivity index (χ2n) is 18.7. The Morgan fingerprint density at radius 2 is 0.803 bits per heavy atom. The Kier molecular flexibility index (Phi) is 12.9. The number of anilines is 6. The second-order valence-corrected chi connectivity index (χ2v) is 18.7. The fourth-order valence-corrected chi connectivity index (χ4v) is 9.97. The van der Waals surface area contributed by atoms with Crippen molar-refractivity contribution in [1.29, 1.82) is 0 Å². The largest absolute Gasteiger partial charge is 0.310 e. The average molecular weight is 861 g/mol. The van der Waals surface area contributed by atoms with Crippen LogP contribution in [0, 0.1) is 20.8 Å². The minimum Gasteiger partial charge on any atom is -0.310 e. The highest BCUT2D eigenvalue weighted by Crippen LogP contribution is 2.49. The lowest BCUT2D eigenvalue weighted by Crippen LogP contribution is -2.12. The smallest absolute Gasteiger partial charge is 0.0468 e. The maximum atomic E-state index is 2.50. The monoisotopic (exact) mass is 861 g/mol. The molecule has 9 aromatic rings. The van der Waals surface area contributed by atoms with Crippen molar-refractivity contribution >= 4 is 55.7 Å². The molecular formula is C64H64N2. The molecule has 0 fully saturated rings. The molecule has 0 spiro atoms. The Labute approximate surface area is 394 Å². The molecule has 2 nitrogen and oxygen atoms in total. The molecule has 2 heteroatoms. The molecule has 2 unspecified atom stereocenters. The van der Waals surface area contributed by atoms with Crippen LogP contribution in [0.25, 0.3) is 43.8 Å². The van der Waals surface area contributed by atoms with Gasteiger partial charge in [-0.3, -0.25) is 0 Å². The van der Waals surface area contributed by atoms with Crippen molar-refractivity contribution in [3.8, 4) is 22.3 Å². The third-order valence-electron chi connectivity index (χ3n) is 13.7. The van der Waals surface area contributed by atoms with Gasteiger partial charge in [-0.05, 0) is 202 Å². The van der Waals surface area contributed by atoms with Crippen LogP contribution in [0.2, 0.25) is 0 Å². The molecule has 0 aliphatic heterocycles. The summed E-state index contributed by atoms with van der Waals surface area (Å²) < 4.78 is 0. The van der Waals surface area contributed by atoms with Crippen molar-refractivity contribution in [3.63, 3.8) is 0 Å². The van der Waals surface area contributed by atoms with Gasteiger partial charge >= 0.3 is 0 Å². The van der Waals surface area contributed by atoms with Gasteiger partial charge in [-0.15, -0.1) is 0 Å². The Morgan fingerprint density at radius 3 is 1.24 bits per heavy atom. The van der Waals surface area contributed by atoms with Crippen molar-refractivity contribution in [2.24, 2.45) is 0 Å². The maximum Gasteiger partial charge on any atom is 0.0468 e. The summed E-state index contributed by atoms with van der Waals surface area (Å²) in [6.07, 6.45) is 4.33. The Morgan fingerprint density at radius 1 is 0.364 bits per heavy atom. The molecule has 2 atom stereocenters. The molecule has 0 saturated carbocycles. The van der Waals surface area contributed by atoms with Crippen molar-refractivity contribution in [2.75, 3.05) is 9.80 Å². The second kappa shape index (κ2) is 19.3. The van der Waals surface area contributed by atoms with Crippen LogP contribution in [-0.2, 0) is 6.42 Å². The van der Waals surface area contributed by atoms with Crippen molar-refractivity contribution in [3.05, 3.63) is 215 Å². The first-order valence-corrected chi connectivity index (χ1v) is 24.3. The minimum atomic E-state index is 0.448. The van der Waals surface area contributed by atoms with Gasteiger partial charge in [0, 0.05) is 34.1 Å². The number of hydrogen-bond donors (Lipinski definition) is 0. The lowest BCUT2D eigenvalue weighted by Gasteiger charge is -2.30. The van der Waals surface area contributed by atoms with Crippen molar-refractivity contribution < 1.29 is 0 Å². The quantitative estimate of drug-likeness (QED) is 0.101. The Hall–Kier alpha value is -6.90. The van der Waals surface area contributed by atoms with Crippen LogP contribution in [0.1, 0.15) is 99.1 Å². The molecule has 0 radical (unpaired) electrons. The van der Waals surface area contributed by atoms with E-state index < -0.39 is 0 Å². The van der Waals surface area contributed by atoms with Gasteiger partial charge in [0.25, 0.3) is 0 Å². The molecule has 0 N–H and O–H groups in total. The van der Waals surface area contributed by atoms with Crippen LogP contribution in [0.3, 0.4) is 0 Å². The summed E-state index contributed by atoms with van der Waals surface area (Å²) in [5, 5.41) is 4.92. The predicted molar refractivity (Wildman–Crippen MR) is 287 cm³/mol. The molecule has 9 aromatic carbocycles. The topological polar surface area (TPSA) is 6.48 Å². The first kappa shape index (κ1) is 44.3. The fraction of sp³-hybridized carbons (Fsp3) is 0.219. The highest BCUT2D eigenvalue weighted by Gasteiger charge is 2.23. The number of benzene rings is 9. The van der Waals surface area contributed by atoms with Gasteiger partial charge in [0.2, 0.25) is 0 Å². The first-order chi connectivity index (χ1) is 32.1. The summed E-state index contributed by atoms with van der Waals surface area (Å²) in [5.74, 6) is 0.897. The van der Waals surface area contributed by atoms with Crippen LogP contribution in [0.15, 0.2) is 182 Å². The third kappa shape index (κ3) is 8.90. The molecule has 9 rings (SSSR count). The summed E-state index contributed by atoms with van der Waals surface area (Å²) in [7, 11) is 0. The first-order valence-electron chi connectivity index (χ1n) is 24.3. The van der Waals surface area contributed by atoms with E-state index in [1.54, 1.807) is 0 Å². The Bertz CT molecular complexity index is 3120. The van der Waals surface area contributed by atoms with E-state index in [4.69, 9.17) is 0 Å². The fourth-order valence-electron chi connectivity index (χ4n) is 9.97. The molecule has 0 heterocycles.